The minimum atomic E-state index is -0.267. The number of benzene rings is 2. The lowest BCUT2D eigenvalue weighted by molar-refractivity contribution is 0.471. The SMILES string of the molecule is CCCn1c(-c2ccc(I)c(O)c2)nc2ccc(F)cc21. The van der Waals surface area contributed by atoms with E-state index in [9.17, 15) is 9.50 Å². The molecule has 0 radical (unpaired) electrons. The lowest BCUT2D eigenvalue weighted by atomic mass is 10.2. The Hall–Kier alpha value is -1.63. The van der Waals surface area contributed by atoms with Crippen molar-refractivity contribution in [3.63, 3.8) is 0 Å². The molecular weight excluding hydrogens is 382 g/mol. The fraction of sp³-hybridized carbons (Fsp3) is 0.188. The Balaban J connectivity index is 2.25. The van der Waals surface area contributed by atoms with Gasteiger partial charge in [0.15, 0.2) is 0 Å². The van der Waals surface area contributed by atoms with E-state index in [-0.39, 0.29) is 11.6 Å². The van der Waals surface area contributed by atoms with Crippen molar-refractivity contribution in [3.05, 3.63) is 45.8 Å². The molecule has 0 aliphatic rings. The third-order valence-electron chi connectivity index (χ3n) is 3.36. The van der Waals surface area contributed by atoms with Gasteiger partial charge in [0.1, 0.15) is 17.4 Å². The van der Waals surface area contributed by atoms with Crippen LogP contribution in [-0.2, 0) is 6.54 Å². The summed E-state index contributed by atoms with van der Waals surface area (Å²) in [6, 6.07) is 10.1. The number of fused-ring (bicyclic) bond motifs is 1. The molecule has 0 saturated heterocycles. The van der Waals surface area contributed by atoms with E-state index in [0.717, 1.165) is 39.0 Å². The highest BCUT2D eigenvalue weighted by Gasteiger charge is 2.14. The van der Waals surface area contributed by atoms with Crippen molar-refractivity contribution in [2.45, 2.75) is 19.9 Å². The van der Waals surface area contributed by atoms with Crippen LogP contribution in [0.2, 0.25) is 0 Å². The number of aryl methyl sites for hydroxylation is 1. The summed E-state index contributed by atoms with van der Waals surface area (Å²) in [6.07, 6.45) is 0.922. The summed E-state index contributed by atoms with van der Waals surface area (Å²) in [4.78, 5) is 4.60. The number of halogens is 2. The van der Waals surface area contributed by atoms with Gasteiger partial charge in [0.05, 0.1) is 14.6 Å². The van der Waals surface area contributed by atoms with Crippen LogP contribution in [0, 0.1) is 9.39 Å². The van der Waals surface area contributed by atoms with Crippen molar-refractivity contribution in [1.82, 2.24) is 9.55 Å². The van der Waals surface area contributed by atoms with Gasteiger partial charge in [0, 0.05) is 12.1 Å². The van der Waals surface area contributed by atoms with Crippen LogP contribution in [0.25, 0.3) is 22.4 Å². The van der Waals surface area contributed by atoms with E-state index in [2.05, 4.69) is 34.5 Å². The summed E-state index contributed by atoms with van der Waals surface area (Å²) < 4.78 is 16.3. The smallest absolute Gasteiger partial charge is 0.141 e. The first kappa shape index (κ1) is 14.3. The van der Waals surface area contributed by atoms with E-state index in [0.29, 0.717) is 0 Å². The molecule has 0 unspecified atom stereocenters. The summed E-state index contributed by atoms with van der Waals surface area (Å²) in [5.41, 5.74) is 2.38. The molecule has 0 fully saturated rings. The maximum Gasteiger partial charge on any atom is 0.141 e. The number of phenols is 1. The normalized spacial score (nSPS) is 11.2. The summed E-state index contributed by atoms with van der Waals surface area (Å²) in [5, 5.41) is 9.90. The molecule has 2 aromatic carbocycles. The average Bonchev–Trinajstić information content (AvgIpc) is 2.81. The van der Waals surface area contributed by atoms with E-state index < -0.39 is 0 Å². The molecule has 1 aromatic heterocycles. The molecule has 21 heavy (non-hydrogen) atoms. The fourth-order valence-corrected chi connectivity index (χ4v) is 2.75. The number of imidazole rings is 1. The molecule has 1 heterocycles. The molecular formula is C16H14FIN2O. The molecule has 3 nitrogen and oxygen atoms in total. The third kappa shape index (κ3) is 2.62. The maximum atomic E-state index is 13.5. The molecule has 108 valence electrons. The molecule has 1 N–H and O–H groups in total. The predicted molar refractivity (Wildman–Crippen MR) is 89.8 cm³/mol. The van der Waals surface area contributed by atoms with Gasteiger partial charge in [-0.15, -0.1) is 0 Å². The number of rotatable bonds is 3. The molecule has 0 amide bonds. The number of aromatic nitrogens is 2. The first-order chi connectivity index (χ1) is 10.1. The minimum Gasteiger partial charge on any atom is -0.507 e. The number of phenolic OH excluding ortho intramolecular Hbond substituents is 1. The Morgan fingerprint density at radius 1 is 1.24 bits per heavy atom. The number of nitrogens with zero attached hydrogens (tertiary/aromatic N) is 2. The summed E-state index contributed by atoms with van der Waals surface area (Å²) in [6.45, 7) is 2.82. The highest BCUT2D eigenvalue weighted by molar-refractivity contribution is 14.1. The highest BCUT2D eigenvalue weighted by Crippen LogP contribution is 2.30. The standard InChI is InChI=1S/C16H14FIN2O/c1-2-7-20-14-9-11(17)4-6-13(14)19-16(20)10-3-5-12(18)15(21)8-10/h3-6,8-9,21H,2,7H2,1H3. The minimum absolute atomic E-state index is 0.231. The van der Waals surface area contributed by atoms with Crippen LogP contribution in [0.5, 0.6) is 5.75 Å². The number of hydrogen-bond acceptors (Lipinski definition) is 2. The van der Waals surface area contributed by atoms with Crippen LogP contribution in [-0.4, -0.2) is 14.7 Å². The van der Waals surface area contributed by atoms with Crippen LogP contribution in [0.1, 0.15) is 13.3 Å². The highest BCUT2D eigenvalue weighted by atomic mass is 127. The maximum absolute atomic E-state index is 13.5. The lowest BCUT2D eigenvalue weighted by Crippen LogP contribution is -2.00. The van der Waals surface area contributed by atoms with Crippen molar-refractivity contribution < 1.29 is 9.50 Å². The first-order valence-corrected chi connectivity index (χ1v) is 7.82. The molecule has 0 spiro atoms. The molecule has 5 heteroatoms. The molecule has 0 bridgehead atoms. The van der Waals surface area contributed by atoms with Crippen molar-refractivity contribution in [1.29, 1.82) is 0 Å². The van der Waals surface area contributed by atoms with E-state index in [1.54, 1.807) is 12.1 Å². The molecule has 0 atom stereocenters. The monoisotopic (exact) mass is 396 g/mol. The molecule has 0 aliphatic heterocycles. The molecule has 3 rings (SSSR count). The Morgan fingerprint density at radius 3 is 2.76 bits per heavy atom. The summed E-state index contributed by atoms with van der Waals surface area (Å²) in [7, 11) is 0. The average molecular weight is 396 g/mol. The predicted octanol–water partition coefficient (Wildman–Crippen LogP) is 4.56. The van der Waals surface area contributed by atoms with Gasteiger partial charge in [-0.3, -0.25) is 0 Å². The second kappa shape index (κ2) is 5.63. The Bertz CT molecular complexity index is 813. The van der Waals surface area contributed by atoms with Gasteiger partial charge in [0.25, 0.3) is 0 Å². The fourth-order valence-electron chi connectivity index (χ4n) is 2.42. The summed E-state index contributed by atoms with van der Waals surface area (Å²) >= 11 is 2.08. The first-order valence-electron chi connectivity index (χ1n) is 6.75. The van der Waals surface area contributed by atoms with Crippen molar-refractivity contribution >= 4 is 33.6 Å². The van der Waals surface area contributed by atoms with Crippen LogP contribution in [0.4, 0.5) is 4.39 Å². The van der Waals surface area contributed by atoms with Gasteiger partial charge in [-0.1, -0.05) is 6.92 Å². The quantitative estimate of drug-likeness (QED) is 0.660. The zero-order chi connectivity index (χ0) is 15.0. The van der Waals surface area contributed by atoms with Gasteiger partial charge in [-0.25, -0.2) is 9.37 Å². The topological polar surface area (TPSA) is 38.0 Å². The second-order valence-electron chi connectivity index (χ2n) is 4.89. The zero-order valence-corrected chi connectivity index (χ0v) is 13.6. The largest absolute Gasteiger partial charge is 0.507 e. The van der Waals surface area contributed by atoms with E-state index in [1.165, 1.54) is 12.1 Å². The molecule has 3 aromatic rings. The van der Waals surface area contributed by atoms with Crippen LogP contribution in [0.15, 0.2) is 36.4 Å². The number of aromatic hydroxyl groups is 1. The third-order valence-corrected chi connectivity index (χ3v) is 4.27. The van der Waals surface area contributed by atoms with E-state index >= 15 is 0 Å². The van der Waals surface area contributed by atoms with Crippen molar-refractivity contribution in [3.8, 4) is 17.1 Å². The Morgan fingerprint density at radius 2 is 2.05 bits per heavy atom. The van der Waals surface area contributed by atoms with E-state index in [4.69, 9.17) is 0 Å². The zero-order valence-electron chi connectivity index (χ0n) is 11.5. The lowest BCUT2D eigenvalue weighted by Gasteiger charge is -2.08. The van der Waals surface area contributed by atoms with Crippen LogP contribution in [0.3, 0.4) is 0 Å². The van der Waals surface area contributed by atoms with Gasteiger partial charge in [-0.2, -0.15) is 0 Å². The summed E-state index contributed by atoms with van der Waals surface area (Å²) in [5.74, 6) is 0.718. The van der Waals surface area contributed by atoms with Gasteiger partial charge >= 0.3 is 0 Å². The Labute approximate surface area is 135 Å². The van der Waals surface area contributed by atoms with E-state index in [1.807, 2.05) is 16.7 Å². The van der Waals surface area contributed by atoms with Gasteiger partial charge < -0.3 is 9.67 Å². The molecule has 0 saturated carbocycles. The second-order valence-corrected chi connectivity index (χ2v) is 6.05. The number of hydrogen-bond donors (Lipinski definition) is 1. The van der Waals surface area contributed by atoms with Crippen LogP contribution >= 0.6 is 22.6 Å². The van der Waals surface area contributed by atoms with Crippen LogP contribution < -0.4 is 0 Å². The Kier molecular flexibility index (Phi) is 3.84. The van der Waals surface area contributed by atoms with Crippen molar-refractivity contribution in [2.75, 3.05) is 0 Å². The van der Waals surface area contributed by atoms with Crippen molar-refractivity contribution in [2.24, 2.45) is 0 Å². The molecule has 0 aliphatic carbocycles. The van der Waals surface area contributed by atoms with Gasteiger partial charge in [-0.05, 0) is 65.4 Å². The van der Waals surface area contributed by atoms with Gasteiger partial charge in [0.2, 0.25) is 0 Å².